The molecule has 6 nitrogen and oxygen atoms in total. The lowest BCUT2D eigenvalue weighted by molar-refractivity contribution is 0.0583. The van der Waals surface area contributed by atoms with E-state index in [1.54, 1.807) is 0 Å². The van der Waals surface area contributed by atoms with Crippen LogP contribution in [0.1, 0.15) is 53.7 Å². The Kier molecular flexibility index (Phi) is 4.49. The first-order valence-corrected chi connectivity index (χ1v) is 8.59. The predicted molar refractivity (Wildman–Crippen MR) is 92.4 cm³/mol. The minimum atomic E-state index is -0.0177. The van der Waals surface area contributed by atoms with Crippen molar-refractivity contribution in [2.45, 2.75) is 59.0 Å². The topological polar surface area (TPSA) is 77.3 Å². The summed E-state index contributed by atoms with van der Waals surface area (Å²) < 4.78 is 7.15. The van der Waals surface area contributed by atoms with Crippen molar-refractivity contribution in [2.24, 2.45) is 5.73 Å². The number of aryl methyl sites for hydroxylation is 2. The van der Waals surface area contributed by atoms with Crippen LogP contribution in [0.4, 0.5) is 0 Å². The van der Waals surface area contributed by atoms with E-state index in [2.05, 4.69) is 5.16 Å². The van der Waals surface area contributed by atoms with Crippen LogP contribution in [0.3, 0.4) is 0 Å². The molecule has 0 bridgehead atoms. The standard InChI is InChI=1S/C18H26N4O2/c1-11-9-15(14(4)22(11)17-10-12(2)24-20-17)18(23)21-8-6-5-7-16(21)13(3)19/h9-10,13,16H,5-8,19H2,1-4H3/t13-,16-/m1/s1. The minimum absolute atomic E-state index is 0.0177. The fourth-order valence-electron chi connectivity index (χ4n) is 3.70. The van der Waals surface area contributed by atoms with Gasteiger partial charge in [0.2, 0.25) is 0 Å². The Morgan fingerprint density at radius 3 is 2.71 bits per heavy atom. The maximum absolute atomic E-state index is 13.2. The molecule has 0 saturated carbocycles. The van der Waals surface area contributed by atoms with Gasteiger partial charge in [0.15, 0.2) is 5.82 Å². The maximum Gasteiger partial charge on any atom is 0.255 e. The lowest BCUT2D eigenvalue weighted by atomic mass is 9.96. The van der Waals surface area contributed by atoms with E-state index in [4.69, 9.17) is 10.3 Å². The monoisotopic (exact) mass is 330 g/mol. The molecule has 6 heteroatoms. The lowest BCUT2D eigenvalue weighted by Crippen LogP contribution is -2.51. The highest BCUT2D eigenvalue weighted by Crippen LogP contribution is 2.26. The zero-order valence-electron chi connectivity index (χ0n) is 14.9. The molecule has 2 aromatic heterocycles. The third-order valence-electron chi connectivity index (χ3n) is 4.92. The van der Waals surface area contributed by atoms with Crippen molar-refractivity contribution in [3.8, 4) is 5.82 Å². The van der Waals surface area contributed by atoms with Crippen molar-refractivity contribution < 1.29 is 9.32 Å². The Balaban J connectivity index is 1.96. The molecule has 1 aliphatic heterocycles. The van der Waals surface area contributed by atoms with Crippen molar-refractivity contribution in [3.05, 3.63) is 34.8 Å². The molecule has 1 saturated heterocycles. The predicted octanol–water partition coefficient (Wildman–Crippen LogP) is 2.73. The SMILES string of the molecule is Cc1cc(-n2c(C)cc(C(=O)N3CCCC[C@@H]3[C@@H](C)N)c2C)no1. The maximum atomic E-state index is 13.2. The summed E-state index contributed by atoms with van der Waals surface area (Å²) in [5.41, 5.74) is 8.70. The van der Waals surface area contributed by atoms with Crippen LogP contribution < -0.4 is 5.73 Å². The highest BCUT2D eigenvalue weighted by atomic mass is 16.5. The van der Waals surface area contributed by atoms with Crippen molar-refractivity contribution in [2.75, 3.05) is 6.54 Å². The van der Waals surface area contributed by atoms with Crippen LogP contribution in [0, 0.1) is 20.8 Å². The third-order valence-corrected chi connectivity index (χ3v) is 4.92. The fourth-order valence-corrected chi connectivity index (χ4v) is 3.70. The molecule has 24 heavy (non-hydrogen) atoms. The molecule has 1 fully saturated rings. The van der Waals surface area contributed by atoms with E-state index in [1.807, 2.05) is 49.3 Å². The third kappa shape index (κ3) is 2.86. The Labute approximate surface area is 142 Å². The number of carbonyl (C=O) groups is 1. The second kappa shape index (κ2) is 6.43. The second-order valence-electron chi connectivity index (χ2n) is 6.84. The normalized spacial score (nSPS) is 19.5. The van der Waals surface area contributed by atoms with Gasteiger partial charge in [-0.2, -0.15) is 0 Å². The number of aromatic nitrogens is 2. The fraction of sp³-hybridized carbons (Fsp3) is 0.556. The van der Waals surface area contributed by atoms with Gasteiger partial charge >= 0.3 is 0 Å². The smallest absolute Gasteiger partial charge is 0.255 e. The molecule has 0 radical (unpaired) electrons. The highest BCUT2D eigenvalue weighted by Gasteiger charge is 2.31. The molecule has 2 N–H and O–H groups in total. The van der Waals surface area contributed by atoms with E-state index in [1.165, 1.54) is 0 Å². The molecule has 3 rings (SSSR count). The molecule has 0 spiro atoms. The first-order valence-electron chi connectivity index (χ1n) is 8.59. The van der Waals surface area contributed by atoms with E-state index in [0.717, 1.165) is 48.5 Å². The van der Waals surface area contributed by atoms with Crippen LogP contribution in [0.5, 0.6) is 0 Å². The number of hydrogen-bond acceptors (Lipinski definition) is 4. The molecular formula is C18H26N4O2. The first kappa shape index (κ1) is 16.8. The number of carbonyl (C=O) groups excluding carboxylic acids is 1. The van der Waals surface area contributed by atoms with E-state index in [0.29, 0.717) is 5.82 Å². The average Bonchev–Trinajstić information content (AvgIpc) is 3.09. The molecule has 2 atom stereocenters. The number of piperidine rings is 1. The average molecular weight is 330 g/mol. The number of nitrogens with zero attached hydrogens (tertiary/aromatic N) is 3. The molecule has 1 aliphatic rings. The number of nitrogens with two attached hydrogens (primary N) is 1. The van der Waals surface area contributed by atoms with Gasteiger partial charge in [-0.3, -0.25) is 9.36 Å². The molecule has 0 aliphatic carbocycles. The Hall–Kier alpha value is -2.08. The summed E-state index contributed by atoms with van der Waals surface area (Å²) in [6.07, 6.45) is 3.15. The zero-order valence-corrected chi connectivity index (χ0v) is 14.9. The first-order chi connectivity index (χ1) is 11.4. The Morgan fingerprint density at radius 1 is 1.33 bits per heavy atom. The highest BCUT2D eigenvalue weighted by molar-refractivity contribution is 5.96. The van der Waals surface area contributed by atoms with Gasteiger partial charge in [-0.25, -0.2) is 0 Å². The molecule has 2 aromatic rings. The van der Waals surface area contributed by atoms with Crippen LogP contribution in [-0.4, -0.2) is 39.2 Å². The summed E-state index contributed by atoms with van der Waals surface area (Å²) in [6, 6.07) is 3.91. The van der Waals surface area contributed by atoms with E-state index >= 15 is 0 Å². The van der Waals surface area contributed by atoms with Crippen LogP contribution in [0.2, 0.25) is 0 Å². The van der Waals surface area contributed by atoms with Gasteiger partial charge in [-0.05, 0) is 53.0 Å². The number of amides is 1. The summed E-state index contributed by atoms with van der Waals surface area (Å²) in [5, 5.41) is 4.08. The van der Waals surface area contributed by atoms with Crippen molar-refractivity contribution >= 4 is 5.91 Å². The van der Waals surface area contributed by atoms with Gasteiger partial charge in [0.1, 0.15) is 5.76 Å². The summed E-state index contributed by atoms with van der Waals surface area (Å²) in [7, 11) is 0. The van der Waals surface area contributed by atoms with Crippen LogP contribution in [0.15, 0.2) is 16.7 Å². The largest absolute Gasteiger partial charge is 0.360 e. The van der Waals surface area contributed by atoms with Gasteiger partial charge in [-0.1, -0.05) is 5.16 Å². The second-order valence-corrected chi connectivity index (χ2v) is 6.84. The van der Waals surface area contributed by atoms with Crippen LogP contribution in [0.25, 0.3) is 5.82 Å². The molecule has 3 heterocycles. The summed E-state index contributed by atoms with van der Waals surface area (Å²) in [5.74, 6) is 1.53. The van der Waals surface area contributed by atoms with Gasteiger partial charge < -0.3 is 15.2 Å². The van der Waals surface area contributed by atoms with Crippen molar-refractivity contribution in [1.82, 2.24) is 14.6 Å². The molecule has 0 aromatic carbocycles. The quantitative estimate of drug-likeness (QED) is 0.938. The van der Waals surface area contributed by atoms with E-state index in [9.17, 15) is 4.79 Å². The molecule has 130 valence electrons. The lowest BCUT2D eigenvalue weighted by Gasteiger charge is -2.38. The van der Waals surface area contributed by atoms with Crippen molar-refractivity contribution in [1.29, 1.82) is 0 Å². The minimum Gasteiger partial charge on any atom is -0.360 e. The number of likely N-dealkylation sites (tertiary alicyclic amines) is 1. The molecular weight excluding hydrogens is 304 g/mol. The summed E-state index contributed by atoms with van der Waals surface area (Å²) >= 11 is 0. The number of hydrogen-bond donors (Lipinski definition) is 1. The Bertz CT molecular complexity index is 744. The Morgan fingerprint density at radius 2 is 2.08 bits per heavy atom. The zero-order chi connectivity index (χ0) is 17.4. The van der Waals surface area contributed by atoms with E-state index < -0.39 is 0 Å². The molecule has 1 amide bonds. The molecule has 0 unspecified atom stereocenters. The summed E-state index contributed by atoms with van der Waals surface area (Å²) in [4.78, 5) is 15.1. The number of rotatable bonds is 3. The van der Waals surface area contributed by atoms with E-state index in [-0.39, 0.29) is 18.0 Å². The summed E-state index contributed by atoms with van der Waals surface area (Å²) in [6.45, 7) is 8.55. The van der Waals surface area contributed by atoms with Gasteiger partial charge in [0, 0.05) is 36.1 Å². The van der Waals surface area contributed by atoms with Crippen LogP contribution >= 0.6 is 0 Å². The van der Waals surface area contributed by atoms with Crippen molar-refractivity contribution in [3.63, 3.8) is 0 Å². The van der Waals surface area contributed by atoms with Gasteiger partial charge in [0.05, 0.1) is 5.56 Å². The van der Waals surface area contributed by atoms with Gasteiger partial charge in [-0.15, -0.1) is 0 Å². The van der Waals surface area contributed by atoms with Gasteiger partial charge in [0.25, 0.3) is 5.91 Å². The van der Waals surface area contributed by atoms with Crippen LogP contribution in [-0.2, 0) is 0 Å².